The number of allylic oxidation sites excluding steroid dienone is 1. The normalized spacial score (nSPS) is 20.0. The van der Waals surface area contributed by atoms with Gasteiger partial charge in [-0.2, -0.15) is 0 Å². The highest BCUT2D eigenvalue weighted by atomic mass is 14.9. The van der Waals surface area contributed by atoms with Gasteiger partial charge in [-0.15, -0.1) is 0 Å². The van der Waals surface area contributed by atoms with Gasteiger partial charge in [-0.1, -0.05) is 13.5 Å². The molecule has 0 saturated heterocycles. The highest BCUT2D eigenvalue weighted by Crippen LogP contribution is 2.53. The zero-order chi connectivity index (χ0) is 8.48. The zero-order valence-electron chi connectivity index (χ0n) is 7.91. The first kappa shape index (κ1) is 8.63. The molecule has 1 N–H and O–H groups in total. The number of hydrogen-bond donors (Lipinski definition) is 1. The summed E-state index contributed by atoms with van der Waals surface area (Å²) in [5.74, 6) is 0. The Balaban J connectivity index is 2.41. The SMILES string of the molecule is C=C(NC(C)C)C1(CC)CC1. The molecular formula is C10H19N. The van der Waals surface area contributed by atoms with Crippen molar-refractivity contribution in [1.82, 2.24) is 5.32 Å². The molecule has 0 spiro atoms. The Morgan fingerprint density at radius 2 is 2.09 bits per heavy atom. The molecule has 0 aromatic carbocycles. The number of hydrogen-bond acceptors (Lipinski definition) is 1. The van der Waals surface area contributed by atoms with Gasteiger partial charge in [0.1, 0.15) is 0 Å². The highest BCUT2D eigenvalue weighted by molar-refractivity contribution is 5.16. The molecule has 0 aromatic heterocycles. The van der Waals surface area contributed by atoms with Crippen molar-refractivity contribution < 1.29 is 0 Å². The Bertz CT molecular complexity index is 154. The second kappa shape index (κ2) is 2.88. The van der Waals surface area contributed by atoms with E-state index in [0.717, 1.165) is 0 Å². The lowest BCUT2D eigenvalue weighted by Gasteiger charge is -2.20. The van der Waals surface area contributed by atoms with Crippen LogP contribution in [0.5, 0.6) is 0 Å². The molecule has 0 aliphatic heterocycles. The Labute approximate surface area is 69.9 Å². The van der Waals surface area contributed by atoms with Crippen LogP contribution in [0.1, 0.15) is 40.0 Å². The molecule has 1 aliphatic carbocycles. The molecular weight excluding hydrogens is 134 g/mol. The van der Waals surface area contributed by atoms with Crippen molar-refractivity contribution in [2.45, 2.75) is 46.1 Å². The fraction of sp³-hybridized carbons (Fsp3) is 0.800. The maximum atomic E-state index is 4.09. The molecule has 0 aromatic rings. The van der Waals surface area contributed by atoms with Gasteiger partial charge < -0.3 is 5.32 Å². The molecule has 0 radical (unpaired) electrons. The first-order chi connectivity index (χ1) is 5.10. The van der Waals surface area contributed by atoms with E-state index < -0.39 is 0 Å². The van der Waals surface area contributed by atoms with Gasteiger partial charge in [0.05, 0.1) is 0 Å². The van der Waals surface area contributed by atoms with Crippen molar-refractivity contribution in [3.05, 3.63) is 12.3 Å². The quantitative estimate of drug-likeness (QED) is 0.654. The summed E-state index contributed by atoms with van der Waals surface area (Å²) in [7, 11) is 0. The van der Waals surface area contributed by atoms with E-state index in [1.165, 1.54) is 25.0 Å². The molecule has 0 amide bonds. The van der Waals surface area contributed by atoms with Crippen LogP contribution in [-0.4, -0.2) is 6.04 Å². The van der Waals surface area contributed by atoms with Crippen LogP contribution in [-0.2, 0) is 0 Å². The topological polar surface area (TPSA) is 12.0 Å². The minimum atomic E-state index is 0.476. The van der Waals surface area contributed by atoms with Gasteiger partial charge in [0.2, 0.25) is 0 Å². The molecule has 11 heavy (non-hydrogen) atoms. The summed E-state index contributed by atoms with van der Waals surface area (Å²) < 4.78 is 0. The number of nitrogens with one attached hydrogen (secondary N) is 1. The van der Waals surface area contributed by atoms with Gasteiger partial charge in [-0.3, -0.25) is 0 Å². The molecule has 1 saturated carbocycles. The predicted octanol–water partition coefficient (Wildman–Crippen LogP) is 2.69. The summed E-state index contributed by atoms with van der Waals surface area (Å²) in [6, 6.07) is 0.534. The van der Waals surface area contributed by atoms with E-state index in [-0.39, 0.29) is 0 Å². The van der Waals surface area contributed by atoms with E-state index in [0.29, 0.717) is 11.5 Å². The van der Waals surface area contributed by atoms with Gasteiger partial charge in [0.25, 0.3) is 0 Å². The van der Waals surface area contributed by atoms with Crippen molar-refractivity contribution in [1.29, 1.82) is 0 Å². The van der Waals surface area contributed by atoms with Crippen LogP contribution in [0, 0.1) is 5.41 Å². The van der Waals surface area contributed by atoms with E-state index in [4.69, 9.17) is 0 Å². The average molecular weight is 153 g/mol. The predicted molar refractivity (Wildman–Crippen MR) is 49.4 cm³/mol. The van der Waals surface area contributed by atoms with Crippen LogP contribution in [0.25, 0.3) is 0 Å². The summed E-state index contributed by atoms with van der Waals surface area (Å²) in [6.45, 7) is 10.7. The Morgan fingerprint density at radius 1 is 1.55 bits per heavy atom. The highest BCUT2D eigenvalue weighted by Gasteiger charge is 2.43. The van der Waals surface area contributed by atoms with Gasteiger partial charge >= 0.3 is 0 Å². The van der Waals surface area contributed by atoms with E-state index in [2.05, 4.69) is 32.7 Å². The summed E-state index contributed by atoms with van der Waals surface area (Å²) in [5.41, 5.74) is 1.74. The van der Waals surface area contributed by atoms with E-state index in [1.807, 2.05) is 0 Å². The summed E-state index contributed by atoms with van der Waals surface area (Å²) in [5, 5.41) is 3.40. The van der Waals surface area contributed by atoms with Gasteiger partial charge in [0.15, 0.2) is 0 Å². The largest absolute Gasteiger partial charge is 0.386 e. The standard InChI is InChI=1S/C10H19N/c1-5-10(6-7-10)9(4)11-8(2)3/h8,11H,4-7H2,1-3H3. The molecule has 1 aliphatic rings. The fourth-order valence-corrected chi connectivity index (χ4v) is 1.52. The first-order valence-electron chi connectivity index (χ1n) is 4.56. The molecule has 0 heterocycles. The first-order valence-corrected chi connectivity index (χ1v) is 4.56. The Kier molecular flexibility index (Phi) is 2.26. The lowest BCUT2D eigenvalue weighted by atomic mass is 10.00. The molecule has 1 rings (SSSR count). The van der Waals surface area contributed by atoms with Crippen LogP contribution in [0.4, 0.5) is 0 Å². The van der Waals surface area contributed by atoms with Crippen molar-refractivity contribution in [2.24, 2.45) is 5.41 Å². The minimum Gasteiger partial charge on any atom is -0.386 e. The second-order valence-electron chi connectivity index (χ2n) is 3.91. The lowest BCUT2D eigenvalue weighted by Crippen LogP contribution is -2.26. The van der Waals surface area contributed by atoms with Crippen LogP contribution in [0.15, 0.2) is 12.3 Å². The molecule has 0 unspecified atom stereocenters. The zero-order valence-corrected chi connectivity index (χ0v) is 7.91. The molecule has 64 valence electrons. The Hall–Kier alpha value is -0.460. The average Bonchev–Trinajstić information content (AvgIpc) is 2.65. The number of rotatable bonds is 4. The van der Waals surface area contributed by atoms with Gasteiger partial charge in [0, 0.05) is 17.2 Å². The third-order valence-electron chi connectivity index (χ3n) is 2.63. The maximum absolute atomic E-state index is 4.09. The fourth-order valence-electron chi connectivity index (χ4n) is 1.52. The van der Waals surface area contributed by atoms with E-state index >= 15 is 0 Å². The van der Waals surface area contributed by atoms with Crippen LogP contribution in [0.3, 0.4) is 0 Å². The summed E-state index contributed by atoms with van der Waals surface area (Å²) >= 11 is 0. The third-order valence-corrected chi connectivity index (χ3v) is 2.63. The summed E-state index contributed by atoms with van der Waals surface area (Å²) in [6.07, 6.45) is 3.91. The third kappa shape index (κ3) is 1.76. The molecule has 0 atom stereocenters. The lowest BCUT2D eigenvalue weighted by molar-refractivity contribution is 0.504. The van der Waals surface area contributed by atoms with Crippen molar-refractivity contribution in [3.63, 3.8) is 0 Å². The molecule has 1 heteroatoms. The van der Waals surface area contributed by atoms with Crippen LogP contribution in [0.2, 0.25) is 0 Å². The van der Waals surface area contributed by atoms with Gasteiger partial charge in [-0.05, 0) is 33.1 Å². The second-order valence-corrected chi connectivity index (χ2v) is 3.91. The molecule has 1 nitrogen and oxygen atoms in total. The smallest absolute Gasteiger partial charge is 0.0201 e. The molecule has 1 fully saturated rings. The minimum absolute atomic E-state index is 0.476. The Morgan fingerprint density at radius 3 is 2.36 bits per heavy atom. The van der Waals surface area contributed by atoms with Crippen molar-refractivity contribution in [2.75, 3.05) is 0 Å². The monoisotopic (exact) mass is 153 g/mol. The van der Waals surface area contributed by atoms with Gasteiger partial charge in [-0.25, -0.2) is 0 Å². The van der Waals surface area contributed by atoms with E-state index in [9.17, 15) is 0 Å². The van der Waals surface area contributed by atoms with E-state index in [1.54, 1.807) is 0 Å². The van der Waals surface area contributed by atoms with Crippen LogP contribution < -0.4 is 5.32 Å². The van der Waals surface area contributed by atoms with Crippen LogP contribution >= 0.6 is 0 Å². The summed E-state index contributed by atoms with van der Waals surface area (Å²) in [4.78, 5) is 0. The molecule has 0 bridgehead atoms. The maximum Gasteiger partial charge on any atom is 0.0201 e. The van der Waals surface area contributed by atoms with Crippen molar-refractivity contribution >= 4 is 0 Å². The van der Waals surface area contributed by atoms with Crippen molar-refractivity contribution in [3.8, 4) is 0 Å².